The van der Waals surface area contributed by atoms with Gasteiger partial charge in [-0.1, -0.05) is 0 Å². The monoisotopic (exact) mass is 507 g/mol. The highest BCUT2D eigenvalue weighted by molar-refractivity contribution is 6.23. The van der Waals surface area contributed by atoms with Gasteiger partial charge in [-0.25, -0.2) is 0 Å². The first-order valence-electron chi connectivity index (χ1n) is 12.1. The molecule has 0 saturated carbocycles. The molecule has 37 heavy (non-hydrogen) atoms. The van der Waals surface area contributed by atoms with Crippen molar-refractivity contribution in [2.24, 2.45) is 0 Å². The Kier molecular flexibility index (Phi) is 6.66. The lowest BCUT2D eigenvalue weighted by Crippen LogP contribution is -2.54. The van der Waals surface area contributed by atoms with Crippen molar-refractivity contribution in [3.8, 4) is 5.75 Å². The van der Waals surface area contributed by atoms with Crippen LogP contribution >= 0.6 is 0 Å². The number of ether oxygens (including phenoxy) is 1. The van der Waals surface area contributed by atoms with Gasteiger partial charge in [0.25, 0.3) is 11.8 Å². The Bertz CT molecular complexity index is 1270. The Balaban J connectivity index is 1.15. The fourth-order valence-electron chi connectivity index (χ4n) is 4.93. The molecule has 4 heterocycles. The molecule has 2 saturated heterocycles. The maximum Gasteiger partial charge on any atom is 0.363 e. The molecule has 5 rings (SSSR count). The summed E-state index contributed by atoms with van der Waals surface area (Å²) in [6.07, 6.45) is 3.97. The molecule has 1 unspecified atom stereocenters. The molecule has 1 N–H and O–H groups in total. The van der Waals surface area contributed by atoms with Crippen LogP contribution in [0.4, 0.5) is 5.82 Å². The normalized spacial score (nSPS) is 20.6. The average molecular weight is 508 g/mol. The highest BCUT2D eigenvalue weighted by Crippen LogP contribution is 2.31. The van der Waals surface area contributed by atoms with Gasteiger partial charge in [0, 0.05) is 32.1 Å². The maximum absolute atomic E-state index is 13.0. The SMILES string of the molecule is O=C1CCC(N2C(=O)c3ccc(OC4CCN(CCc5ccc([N+](=O)[O-])nc5)CC4)cc3C2=O)C(=O)N1. The summed E-state index contributed by atoms with van der Waals surface area (Å²) >= 11 is 0. The molecule has 2 fully saturated rings. The highest BCUT2D eigenvalue weighted by Gasteiger charge is 2.44. The van der Waals surface area contributed by atoms with Crippen molar-refractivity contribution >= 4 is 29.4 Å². The second kappa shape index (κ2) is 10.1. The Morgan fingerprint density at radius 3 is 2.46 bits per heavy atom. The first kappa shape index (κ1) is 24.5. The number of hydrogen-bond acceptors (Lipinski definition) is 9. The van der Waals surface area contributed by atoms with Gasteiger partial charge in [-0.2, -0.15) is 0 Å². The molecule has 1 atom stereocenters. The molecule has 2 aromatic rings. The number of likely N-dealkylation sites (tertiary alicyclic amines) is 1. The van der Waals surface area contributed by atoms with Gasteiger partial charge in [0.1, 0.15) is 24.1 Å². The van der Waals surface area contributed by atoms with E-state index in [1.165, 1.54) is 12.3 Å². The quantitative estimate of drug-likeness (QED) is 0.334. The molecule has 12 heteroatoms. The van der Waals surface area contributed by atoms with Crippen molar-refractivity contribution in [1.82, 2.24) is 20.1 Å². The Hall–Kier alpha value is -4.19. The number of imide groups is 2. The molecule has 0 aliphatic carbocycles. The minimum absolute atomic E-state index is 0.0474. The van der Waals surface area contributed by atoms with Crippen LogP contribution in [0.1, 0.15) is 52.0 Å². The number of carbonyl (C=O) groups is 4. The first-order chi connectivity index (χ1) is 17.8. The first-order valence-corrected chi connectivity index (χ1v) is 12.1. The average Bonchev–Trinajstić information content (AvgIpc) is 3.13. The van der Waals surface area contributed by atoms with E-state index in [1.54, 1.807) is 24.3 Å². The van der Waals surface area contributed by atoms with Crippen molar-refractivity contribution in [2.75, 3.05) is 19.6 Å². The molecule has 192 valence electrons. The number of fused-ring (bicyclic) bond motifs is 1. The van der Waals surface area contributed by atoms with Crippen LogP contribution in [0, 0.1) is 10.1 Å². The summed E-state index contributed by atoms with van der Waals surface area (Å²) in [5.41, 5.74) is 1.35. The van der Waals surface area contributed by atoms with Crippen molar-refractivity contribution < 1.29 is 28.8 Å². The van der Waals surface area contributed by atoms with E-state index in [1.807, 2.05) is 0 Å². The molecule has 3 aliphatic rings. The smallest absolute Gasteiger partial charge is 0.363 e. The molecule has 0 bridgehead atoms. The maximum atomic E-state index is 13.0. The van der Waals surface area contributed by atoms with Crippen LogP contribution in [-0.4, -0.2) is 75.1 Å². The van der Waals surface area contributed by atoms with Crippen LogP contribution in [0.2, 0.25) is 0 Å². The lowest BCUT2D eigenvalue weighted by atomic mass is 10.0. The third kappa shape index (κ3) is 5.05. The van der Waals surface area contributed by atoms with Crippen LogP contribution in [0.15, 0.2) is 36.5 Å². The predicted octanol–water partition coefficient (Wildman–Crippen LogP) is 1.48. The molecule has 1 aromatic heterocycles. The highest BCUT2D eigenvalue weighted by atomic mass is 16.6. The van der Waals surface area contributed by atoms with Gasteiger partial charge in [0.2, 0.25) is 11.8 Å². The summed E-state index contributed by atoms with van der Waals surface area (Å²) in [6.45, 7) is 2.44. The third-order valence-corrected chi connectivity index (χ3v) is 6.96. The van der Waals surface area contributed by atoms with E-state index in [4.69, 9.17) is 4.74 Å². The number of piperidine rings is 2. The number of rotatable bonds is 7. The lowest BCUT2D eigenvalue weighted by molar-refractivity contribution is -0.389. The molecule has 1 aromatic carbocycles. The Morgan fingerprint density at radius 2 is 1.78 bits per heavy atom. The zero-order valence-corrected chi connectivity index (χ0v) is 19.9. The fourth-order valence-corrected chi connectivity index (χ4v) is 4.93. The number of hydrogen-bond donors (Lipinski definition) is 1. The van der Waals surface area contributed by atoms with E-state index < -0.39 is 34.6 Å². The second-order valence-electron chi connectivity index (χ2n) is 9.35. The van der Waals surface area contributed by atoms with Gasteiger partial charge in [0.15, 0.2) is 0 Å². The van der Waals surface area contributed by atoms with Gasteiger partial charge >= 0.3 is 5.82 Å². The van der Waals surface area contributed by atoms with Gasteiger partial charge in [-0.3, -0.25) is 29.4 Å². The predicted molar refractivity (Wildman–Crippen MR) is 128 cm³/mol. The Labute approximate surface area is 211 Å². The number of pyridine rings is 1. The Morgan fingerprint density at radius 1 is 1.03 bits per heavy atom. The van der Waals surface area contributed by atoms with Crippen LogP contribution in [-0.2, 0) is 16.0 Å². The molecule has 0 radical (unpaired) electrons. The van der Waals surface area contributed by atoms with Gasteiger partial charge in [-0.15, -0.1) is 0 Å². The summed E-state index contributed by atoms with van der Waals surface area (Å²) in [7, 11) is 0. The summed E-state index contributed by atoms with van der Waals surface area (Å²) in [5.74, 6) is -1.83. The third-order valence-electron chi connectivity index (χ3n) is 6.96. The molecule has 12 nitrogen and oxygen atoms in total. The number of amides is 4. The number of carbonyl (C=O) groups excluding carboxylic acids is 4. The summed E-state index contributed by atoms with van der Waals surface area (Å²) in [4.78, 5) is 66.8. The lowest BCUT2D eigenvalue weighted by Gasteiger charge is -2.32. The minimum atomic E-state index is -0.999. The number of benzene rings is 1. The minimum Gasteiger partial charge on any atom is -0.490 e. The van der Waals surface area contributed by atoms with Gasteiger partial charge in [-0.05, 0) is 65.4 Å². The van der Waals surface area contributed by atoms with E-state index in [9.17, 15) is 29.3 Å². The van der Waals surface area contributed by atoms with Crippen LogP contribution in [0.3, 0.4) is 0 Å². The number of nitro groups is 1. The van der Waals surface area contributed by atoms with Crippen molar-refractivity contribution in [3.05, 3.63) is 63.3 Å². The second-order valence-corrected chi connectivity index (χ2v) is 9.35. The van der Waals surface area contributed by atoms with Crippen molar-refractivity contribution in [2.45, 2.75) is 44.2 Å². The number of aromatic nitrogens is 1. The molecule has 4 amide bonds. The standard InChI is InChI=1S/C25H25N5O7/c31-22-6-4-20(23(32)27-22)29-24(33)18-3-2-17(13-19(18)25(29)34)37-16-8-11-28(12-9-16)10-7-15-1-5-21(26-14-15)30(35)36/h1-3,5,13-14,16,20H,4,6-12H2,(H,27,31,32). The topological polar surface area (TPSA) is 152 Å². The van der Waals surface area contributed by atoms with E-state index in [2.05, 4.69) is 15.2 Å². The molecular weight excluding hydrogens is 482 g/mol. The van der Waals surface area contributed by atoms with Crippen LogP contribution < -0.4 is 10.1 Å². The van der Waals surface area contributed by atoms with Crippen molar-refractivity contribution in [1.29, 1.82) is 0 Å². The fraction of sp³-hybridized carbons (Fsp3) is 0.400. The van der Waals surface area contributed by atoms with E-state index in [-0.39, 0.29) is 35.9 Å². The van der Waals surface area contributed by atoms with Crippen LogP contribution in [0.25, 0.3) is 0 Å². The van der Waals surface area contributed by atoms with Crippen LogP contribution in [0.5, 0.6) is 5.75 Å². The number of nitrogens with one attached hydrogen (secondary N) is 1. The number of nitrogens with zero attached hydrogens (tertiary/aromatic N) is 4. The van der Waals surface area contributed by atoms with Gasteiger partial charge < -0.3 is 19.8 Å². The zero-order valence-electron chi connectivity index (χ0n) is 19.9. The largest absolute Gasteiger partial charge is 0.490 e. The molecule has 0 spiro atoms. The molecular formula is C25H25N5O7. The summed E-state index contributed by atoms with van der Waals surface area (Å²) < 4.78 is 6.12. The van der Waals surface area contributed by atoms with Gasteiger partial charge in [0.05, 0.1) is 11.1 Å². The summed E-state index contributed by atoms with van der Waals surface area (Å²) in [6, 6.07) is 6.89. The van der Waals surface area contributed by atoms with Crippen molar-refractivity contribution in [3.63, 3.8) is 0 Å². The van der Waals surface area contributed by atoms with E-state index in [0.29, 0.717) is 5.75 Å². The zero-order chi connectivity index (χ0) is 26.1. The van der Waals surface area contributed by atoms with E-state index in [0.717, 1.165) is 49.4 Å². The molecule has 3 aliphatic heterocycles. The summed E-state index contributed by atoms with van der Waals surface area (Å²) in [5, 5.41) is 12.9. The van der Waals surface area contributed by atoms with E-state index >= 15 is 0 Å².